The lowest BCUT2D eigenvalue weighted by molar-refractivity contribution is 0.469. The average molecular weight is 778 g/mol. The molecule has 0 aliphatic carbocycles. The maximum Gasteiger partial charge on any atom is 0.116 e. The molecule has 6 heterocycles. The highest BCUT2D eigenvalue weighted by atomic mass is 32.1. The van der Waals surface area contributed by atoms with Crippen LogP contribution in [-0.4, -0.2) is 34.9 Å². The number of thiazole rings is 2. The predicted octanol–water partition coefficient (Wildman–Crippen LogP) is 13.5. The zero-order valence-corrected chi connectivity index (χ0v) is 38.0. The fraction of sp³-hybridized carbons (Fsp3) is 0.512. The third-order valence-electron chi connectivity index (χ3n) is 5.41. The molecule has 0 radical (unpaired) electrons. The number of nitrogens with zero attached hydrogens (tertiary/aromatic N) is 7. The van der Waals surface area contributed by atoms with Crippen LogP contribution >= 0.6 is 34.0 Å². The van der Waals surface area contributed by atoms with Crippen LogP contribution in [0.4, 0.5) is 0 Å². The molecule has 10 heteroatoms. The van der Waals surface area contributed by atoms with Crippen LogP contribution in [0.1, 0.15) is 135 Å². The van der Waals surface area contributed by atoms with Gasteiger partial charge in [-0.05, 0) is 34.4 Å². The van der Waals surface area contributed by atoms with Crippen LogP contribution in [-0.2, 0) is 16.2 Å². The van der Waals surface area contributed by atoms with Crippen LogP contribution in [0, 0.1) is 10.8 Å². The number of fused-ring (bicyclic) bond motifs is 1. The van der Waals surface area contributed by atoms with Gasteiger partial charge in [-0.25, -0.2) is 9.97 Å². The van der Waals surface area contributed by atoms with Crippen LogP contribution in [0.25, 0.3) is 10.2 Å². The highest BCUT2D eigenvalue weighted by molar-refractivity contribution is 7.17. The smallest absolute Gasteiger partial charge is 0.116 e. The molecule has 6 rings (SSSR count). The number of pyridine rings is 1. The van der Waals surface area contributed by atoms with Crippen molar-refractivity contribution in [3.8, 4) is 0 Å². The van der Waals surface area contributed by atoms with Crippen molar-refractivity contribution in [2.75, 3.05) is 0 Å². The fourth-order valence-electron chi connectivity index (χ4n) is 3.17. The second-order valence-corrected chi connectivity index (χ2v) is 20.7. The van der Waals surface area contributed by atoms with Gasteiger partial charge in [0.25, 0.3) is 0 Å². The molecule has 292 valence electrons. The average Bonchev–Trinajstić information content (AvgIpc) is 3.86. The summed E-state index contributed by atoms with van der Waals surface area (Å²) in [4.78, 5) is 28.5. The molecule has 6 aromatic rings. The van der Waals surface area contributed by atoms with E-state index >= 15 is 0 Å². The lowest BCUT2D eigenvalue weighted by Gasteiger charge is -2.17. The van der Waals surface area contributed by atoms with Crippen LogP contribution < -0.4 is 0 Å². The maximum atomic E-state index is 4.35. The van der Waals surface area contributed by atoms with Gasteiger partial charge < -0.3 is 0 Å². The highest BCUT2D eigenvalue weighted by Gasteiger charge is 2.19. The first-order chi connectivity index (χ1) is 24.3. The minimum atomic E-state index is 0.103. The molecule has 0 spiro atoms. The van der Waals surface area contributed by atoms with Crippen molar-refractivity contribution >= 4 is 44.2 Å². The molecule has 0 N–H and O–H groups in total. The topological polar surface area (TPSA) is 90.2 Å². The number of thiophene rings is 1. The minimum Gasteiger partial charge on any atom is -0.261 e. The van der Waals surface area contributed by atoms with Crippen molar-refractivity contribution in [3.05, 3.63) is 112 Å². The van der Waals surface area contributed by atoms with E-state index in [1.54, 1.807) is 82.3 Å². The molecule has 0 amide bonds. The van der Waals surface area contributed by atoms with Crippen LogP contribution in [0.2, 0.25) is 0 Å². The molecule has 0 fully saturated rings. The van der Waals surface area contributed by atoms with E-state index in [0.29, 0.717) is 10.8 Å². The van der Waals surface area contributed by atoms with E-state index in [0.717, 1.165) is 22.6 Å². The molecule has 0 aliphatic rings. The van der Waals surface area contributed by atoms with E-state index in [9.17, 15) is 0 Å². The molecule has 0 unspecified atom stereocenters. The first-order valence-electron chi connectivity index (χ1n) is 17.8. The molecular formula is C43H67N7S3. The Morgan fingerprint density at radius 3 is 1.26 bits per heavy atom. The van der Waals surface area contributed by atoms with Crippen molar-refractivity contribution in [1.82, 2.24) is 34.9 Å². The van der Waals surface area contributed by atoms with Crippen molar-refractivity contribution in [2.45, 2.75) is 134 Å². The van der Waals surface area contributed by atoms with E-state index < -0.39 is 0 Å². The predicted molar refractivity (Wildman–Crippen MR) is 234 cm³/mol. The van der Waals surface area contributed by atoms with Gasteiger partial charge in [-0.15, -0.1) is 34.0 Å². The van der Waals surface area contributed by atoms with Gasteiger partial charge in [0.05, 0.1) is 32.6 Å². The Hall–Kier alpha value is -3.47. The Morgan fingerprint density at radius 2 is 0.962 bits per heavy atom. The summed E-state index contributed by atoms with van der Waals surface area (Å²) in [5.41, 5.74) is 9.38. The summed E-state index contributed by atoms with van der Waals surface area (Å²) in [5, 5.41) is 5.93. The summed E-state index contributed by atoms with van der Waals surface area (Å²) in [6.07, 6.45) is 12.2. The van der Waals surface area contributed by atoms with E-state index in [-0.39, 0.29) is 16.2 Å². The van der Waals surface area contributed by atoms with Gasteiger partial charge in [-0.2, -0.15) is 0 Å². The third kappa shape index (κ3) is 28.7. The zero-order chi connectivity index (χ0) is 40.8. The number of rotatable bonds is 0. The molecule has 0 aromatic carbocycles. The summed E-state index contributed by atoms with van der Waals surface area (Å²) in [7, 11) is 0. The van der Waals surface area contributed by atoms with E-state index in [4.69, 9.17) is 0 Å². The lowest BCUT2D eigenvalue weighted by atomic mass is 9.92. The van der Waals surface area contributed by atoms with E-state index in [2.05, 4.69) is 164 Å². The zero-order valence-electron chi connectivity index (χ0n) is 35.6. The molecule has 0 saturated carbocycles. The van der Waals surface area contributed by atoms with Gasteiger partial charge in [0, 0.05) is 69.9 Å². The van der Waals surface area contributed by atoms with Crippen LogP contribution in [0.5, 0.6) is 0 Å². The second kappa shape index (κ2) is 24.0. The van der Waals surface area contributed by atoms with Crippen molar-refractivity contribution in [2.24, 2.45) is 10.8 Å². The van der Waals surface area contributed by atoms with Crippen molar-refractivity contribution in [1.29, 1.82) is 0 Å². The number of hydrogen-bond donors (Lipinski definition) is 0. The molecule has 7 nitrogen and oxygen atoms in total. The normalized spacial score (nSPS) is 11.1. The van der Waals surface area contributed by atoms with Gasteiger partial charge in [-0.1, -0.05) is 124 Å². The highest BCUT2D eigenvalue weighted by Crippen LogP contribution is 2.30. The molecule has 6 aromatic heterocycles. The van der Waals surface area contributed by atoms with Gasteiger partial charge in [0.15, 0.2) is 0 Å². The molecule has 0 bridgehead atoms. The number of aromatic nitrogens is 7. The Labute approximate surface area is 334 Å². The molecule has 0 aliphatic heterocycles. The Kier molecular flexibility index (Phi) is 22.5. The van der Waals surface area contributed by atoms with Gasteiger partial charge in [0.1, 0.15) is 6.33 Å². The molecular weight excluding hydrogens is 711 g/mol. The summed E-state index contributed by atoms with van der Waals surface area (Å²) in [6, 6.07) is 8.06. The van der Waals surface area contributed by atoms with E-state index in [1.165, 1.54) is 4.70 Å². The number of hydrogen-bond acceptors (Lipinski definition) is 10. The quantitative estimate of drug-likeness (QED) is 0.152. The Morgan fingerprint density at radius 1 is 0.453 bits per heavy atom. The first-order valence-corrected chi connectivity index (χ1v) is 20.6. The summed E-state index contributed by atoms with van der Waals surface area (Å²) < 4.78 is 1.22. The lowest BCUT2D eigenvalue weighted by Crippen LogP contribution is -2.13. The SMILES string of the molecule is CC(C)(C)C.CC(C)(C)C.CC(C)(C)c1ccccn1.CC(C)(C)c1cnccn1.CC(C)(C)c1ncnc2ccsc12.c1cscn1.c1cscn1. The first kappa shape index (κ1) is 49.5. The van der Waals surface area contributed by atoms with Crippen molar-refractivity contribution < 1.29 is 0 Å². The monoisotopic (exact) mass is 777 g/mol. The Bertz CT molecular complexity index is 1550. The van der Waals surface area contributed by atoms with Crippen LogP contribution in [0.15, 0.2) is 94.9 Å². The largest absolute Gasteiger partial charge is 0.261 e. The summed E-state index contributed by atoms with van der Waals surface area (Å²) in [6.45, 7) is 36.9. The van der Waals surface area contributed by atoms with Crippen molar-refractivity contribution in [3.63, 3.8) is 0 Å². The summed E-state index contributed by atoms with van der Waals surface area (Å²) in [5.74, 6) is 0. The van der Waals surface area contributed by atoms with Gasteiger partial charge >= 0.3 is 0 Å². The fourth-order valence-corrected chi connectivity index (χ4v) is 4.91. The Balaban J connectivity index is 0.000000619. The minimum absolute atomic E-state index is 0.103. The molecule has 0 saturated heterocycles. The van der Waals surface area contributed by atoms with Gasteiger partial charge in [0.2, 0.25) is 0 Å². The molecule has 53 heavy (non-hydrogen) atoms. The van der Waals surface area contributed by atoms with Crippen LogP contribution in [0.3, 0.4) is 0 Å². The maximum absolute atomic E-state index is 4.35. The summed E-state index contributed by atoms with van der Waals surface area (Å²) >= 11 is 4.92. The molecule has 0 atom stereocenters. The third-order valence-corrected chi connectivity index (χ3v) is 7.37. The second-order valence-electron chi connectivity index (χ2n) is 18.3. The van der Waals surface area contributed by atoms with Gasteiger partial charge in [-0.3, -0.25) is 24.9 Å². The van der Waals surface area contributed by atoms with E-state index in [1.807, 2.05) is 35.2 Å². The standard InChI is InChI=1S/C10H12N2S.C9H13N.C8H12N2.2C5H12.2C3H3NS/c1-10(2,3)9-8-7(4-5-13-8)11-6-12-9;1-9(2,3)8-6-4-5-7-10-8;1-8(2,3)7-6-9-4-5-10-7;2*1-5(2,3)4;2*1-2-5-3-4-1/h4-6H,1-3H3;4-7H,1-3H3;4-6H,1-3H3;2*1-4H3;2*1-3H.